The van der Waals surface area contributed by atoms with Crippen LogP contribution in [0.1, 0.15) is 26.2 Å². The summed E-state index contributed by atoms with van der Waals surface area (Å²) in [5, 5.41) is 22.0. The van der Waals surface area contributed by atoms with Gasteiger partial charge in [-0.1, -0.05) is 36.9 Å². The number of carboxylic acids is 1. The number of aliphatic carboxylic acids is 1. The molecule has 2 heterocycles. The maximum Gasteiger partial charge on any atom is 0.354 e. The molecule has 0 bridgehead atoms. The summed E-state index contributed by atoms with van der Waals surface area (Å²) in [4.78, 5) is 37.2. The largest absolute Gasteiger partial charge is 0.477 e. The Bertz CT molecular complexity index is 799. The molecular formula is C19H22N2O5S2. The third-order valence-corrected chi connectivity index (χ3v) is 7.36. The minimum absolute atomic E-state index is 0.00158. The number of benzene rings is 1. The molecule has 1 aromatic carbocycles. The third-order valence-electron chi connectivity index (χ3n) is 4.62. The molecule has 0 aromatic heterocycles. The van der Waals surface area contributed by atoms with E-state index in [0.717, 1.165) is 5.69 Å². The van der Waals surface area contributed by atoms with Crippen LogP contribution in [0.2, 0.25) is 0 Å². The second kappa shape index (κ2) is 9.02. The molecule has 2 amide bonds. The lowest BCUT2D eigenvalue weighted by Crippen LogP contribution is -2.61. The van der Waals surface area contributed by atoms with Crippen molar-refractivity contribution in [3.8, 4) is 0 Å². The molecule has 1 aromatic rings. The predicted molar refractivity (Wildman–Crippen MR) is 109 cm³/mol. The van der Waals surface area contributed by atoms with Crippen LogP contribution < -0.4 is 5.32 Å². The lowest BCUT2D eigenvalue weighted by atomic mass is 9.90. The number of aliphatic hydroxyl groups excluding tert-OH is 1. The maximum atomic E-state index is 12.3. The van der Waals surface area contributed by atoms with Gasteiger partial charge >= 0.3 is 5.97 Å². The summed E-state index contributed by atoms with van der Waals surface area (Å²) in [5.74, 6) is -1.56. The molecule has 3 N–H and O–H groups in total. The first-order valence-electron chi connectivity index (χ1n) is 9.07. The third kappa shape index (κ3) is 4.21. The molecule has 0 radical (unpaired) electrons. The van der Waals surface area contributed by atoms with Crippen LogP contribution in [0.5, 0.6) is 0 Å². The number of carbonyl (C=O) groups excluding carboxylic acids is 2. The predicted octanol–water partition coefficient (Wildman–Crippen LogP) is 2.69. The molecule has 0 aliphatic carbocycles. The highest BCUT2D eigenvalue weighted by Crippen LogP contribution is 2.54. The summed E-state index contributed by atoms with van der Waals surface area (Å²) >= 11 is 2.67. The number of nitrogens with zero attached hydrogens (tertiary/aromatic N) is 1. The number of β-lactam (4-membered cyclic amide) rings is 1. The van der Waals surface area contributed by atoms with Crippen LogP contribution in [0.25, 0.3) is 0 Å². The van der Waals surface area contributed by atoms with Crippen molar-refractivity contribution >= 4 is 47.0 Å². The van der Waals surface area contributed by atoms with E-state index in [9.17, 15) is 24.6 Å². The molecule has 0 saturated carbocycles. The zero-order valence-corrected chi connectivity index (χ0v) is 17.0. The molecule has 28 heavy (non-hydrogen) atoms. The van der Waals surface area contributed by atoms with E-state index >= 15 is 0 Å². The molecule has 2 aliphatic rings. The summed E-state index contributed by atoms with van der Waals surface area (Å²) < 4.78 is 0.570. The van der Waals surface area contributed by atoms with Crippen molar-refractivity contribution in [1.82, 2.24) is 4.90 Å². The zero-order valence-electron chi connectivity index (χ0n) is 15.3. The quantitative estimate of drug-likeness (QED) is 0.415. The Morgan fingerprint density at radius 1 is 1.32 bits per heavy atom. The van der Waals surface area contributed by atoms with Gasteiger partial charge in [0.1, 0.15) is 5.37 Å². The van der Waals surface area contributed by atoms with Crippen molar-refractivity contribution in [3.63, 3.8) is 0 Å². The van der Waals surface area contributed by atoms with E-state index in [-0.39, 0.29) is 22.9 Å². The van der Waals surface area contributed by atoms with Gasteiger partial charge in [0.05, 0.1) is 16.3 Å². The molecule has 2 aliphatic heterocycles. The summed E-state index contributed by atoms with van der Waals surface area (Å²) in [6.07, 6.45) is 0.594. The minimum atomic E-state index is -1.14. The highest BCUT2D eigenvalue weighted by Gasteiger charge is 2.58. The van der Waals surface area contributed by atoms with Crippen molar-refractivity contribution < 1.29 is 24.6 Å². The average molecular weight is 423 g/mol. The van der Waals surface area contributed by atoms with E-state index in [0.29, 0.717) is 29.3 Å². The number of anilines is 1. The van der Waals surface area contributed by atoms with Gasteiger partial charge in [-0.2, -0.15) is 0 Å². The van der Waals surface area contributed by atoms with E-state index in [2.05, 4.69) is 5.32 Å². The van der Waals surface area contributed by atoms with Crippen LogP contribution in [0.4, 0.5) is 5.69 Å². The minimum Gasteiger partial charge on any atom is -0.477 e. The number of carboxylic acid groups (broad SMARTS) is 1. The van der Waals surface area contributed by atoms with Gasteiger partial charge in [0.15, 0.2) is 5.70 Å². The Kier molecular flexibility index (Phi) is 6.69. The summed E-state index contributed by atoms with van der Waals surface area (Å²) in [6.45, 7) is 1.79. The number of aliphatic hydroxyl groups is 1. The Morgan fingerprint density at radius 2 is 2.04 bits per heavy atom. The fourth-order valence-electron chi connectivity index (χ4n) is 3.16. The van der Waals surface area contributed by atoms with Crippen LogP contribution in [0.3, 0.4) is 0 Å². The summed E-state index contributed by atoms with van der Waals surface area (Å²) in [6, 6.07) is 9.19. The zero-order chi connectivity index (χ0) is 20.3. The number of thioether (sulfide) groups is 2. The number of hydrogen-bond acceptors (Lipinski definition) is 6. The first-order valence-corrected chi connectivity index (χ1v) is 10.9. The van der Waals surface area contributed by atoms with Crippen molar-refractivity contribution in [2.75, 3.05) is 11.1 Å². The maximum absolute atomic E-state index is 12.3. The van der Waals surface area contributed by atoms with Crippen LogP contribution in [0.15, 0.2) is 40.3 Å². The Labute approximate surface area is 171 Å². The van der Waals surface area contributed by atoms with Gasteiger partial charge in [-0.25, -0.2) is 4.79 Å². The number of rotatable bonds is 9. The smallest absolute Gasteiger partial charge is 0.354 e. The monoisotopic (exact) mass is 422 g/mol. The summed E-state index contributed by atoms with van der Waals surface area (Å²) in [5.41, 5.74) is 0.740. The molecule has 1 saturated heterocycles. The van der Waals surface area contributed by atoms with Crippen molar-refractivity contribution in [1.29, 1.82) is 0 Å². The van der Waals surface area contributed by atoms with Gasteiger partial charge < -0.3 is 15.5 Å². The molecule has 3 atom stereocenters. The molecule has 150 valence electrons. The van der Waals surface area contributed by atoms with E-state index in [4.69, 9.17) is 0 Å². The second-order valence-corrected chi connectivity index (χ2v) is 9.02. The number of fused-ring (bicyclic) bond motifs is 1. The highest BCUT2D eigenvalue weighted by atomic mass is 32.2. The van der Waals surface area contributed by atoms with Gasteiger partial charge in [0.2, 0.25) is 11.8 Å². The van der Waals surface area contributed by atoms with Gasteiger partial charge in [0.25, 0.3) is 0 Å². The number of para-hydroxylation sites is 1. The molecule has 0 unspecified atom stereocenters. The van der Waals surface area contributed by atoms with E-state index in [1.807, 2.05) is 30.3 Å². The van der Waals surface area contributed by atoms with E-state index in [1.165, 1.54) is 28.4 Å². The van der Waals surface area contributed by atoms with Crippen molar-refractivity contribution in [2.45, 2.75) is 37.7 Å². The lowest BCUT2D eigenvalue weighted by molar-refractivity contribution is -0.157. The van der Waals surface area contributed by atoms with Crippen LogP contribution >= 0.6 is 23.5 Å². The Hall–Kier alpha value is -1.97. The van der Waals surface area contributed by atoms with E-state index < -0.39 is 18.0 Å². The lowest BCUT2D eigenvalue weighted by Gasteiger charge is -2.44. The average Bonchev–Trinajstić information content (AvgIpc) is 3.00. The van der Waals surface area contributed by atoms with Crippen molar-refractivity contribution in [2.24, 2.45) is 5.92 Å². The molecule has 0 spiro atoms. The number of nitrogens with one attached hydrogen (secondary N) is 1. The van der Waals surface area contributed by atoms with Crippen LogP contribution in [-0.4, -0.2) is 50.1 Å². The normalized spacial score (nSPS) is 21.9. The Balaban J connectivity index is 1.52. The fourth-order valence-corrected chi connectivity index (χ4v) is 6.05. The second-order valence-electron chi connectivity index (χ2n) is 6.53. The molecule has 1 fully saturated rings. The van der Waals surface area contributed by atoms with Gasteiger partial charge in [0, 0.05) is 12.1 Å². The fraction of sp³-hybridized carbons (Fsp3) is 0.421. The SMILES string of the molecule is CC[C@H](O)[C@@H]1C(=O)N2C(C(=O)O)=C(SCCCC(=O)Nc3ccccc3)S[C@H]12. The van der Waals surface area contributed by atoms with Crippen molar-refractivity contribution in [3.05, 3.63) is 40.3 Å². The number of hydrogen-bond donors (Lipinski definition) is 3. The van der Waals surface area contributed by atoms with Crippen LogP contribution in [-0.2, 0) is 14.4 Å². The van der Waals surface area contributed by atoms with Gasteiger partial charge in [-0.05, 0) is 30.7 Å². The molecule has 3 rings (SSSR count). The van der Waals surface area contributed by atoms with Gasteiger partial charge in [-0.15, -0.1) is 11.8 Å². The number of amides is 2. The van der Waals surface area contributed by atoms with Crippen LogP contribution in [0, 0.1) is 5.92 Å². The standard InChI is InChI=1S/C19H22N2O5S2/c1-2-12(22)14-16(24)21-15(18(25)26)19(28-17(14)21)27-10-6-9-13(23)20-11-7-4-3-5-8-11/h3-5,7-8,12,14,17,22H,2,6,9-10H2,1H3,(H,20,23)(H,25,26)/t12-,14+,17+/m0/s1. The number of carbonyl (C=O) groups is 3. The first kappa shape index (κ1) is 20.8. The molecular weight excluding hydrogens is 400 g/mol. The topological polar surface area (TPSA) is 107 Å². The van der Waals surface area contributed by atoms with Gasteiger partial charge in [-0.3, -0.25) is 14.5 Å². The Morgan fingerprint density at radius 3 is 2.68 bits per heavy atom. The highest BCUT2D eigenvalue weighted by molar-refractivity contribution is 8.22. The first-order chi connectivity index (χ1) is 13.4. The summed E-state index contributed by atoms with van der Waals surface area (Å²) in [7, 11) is 0. The van der Waals surface area contributed by atoms with E-state index in [1.54, 1.807) is 6.92 Å². The molecule has 7 nitrogen and oxygen atoms in total. The molecule has 9 heteroatoms.